The lowest BCUT2D eigenvalue weighted by Gasteiger charge is -2.23. The van der Waals surface area contributed by atoms with Gasteiger partial charge in [0.25, 0.3) is 5.69 Å². The van der Waals surface area contributed by atoms with E-state index in [1.165, 1.54) is 12.1 Å². The number of aliphatic hydroxyl groups is 1. The highest BCUT2D eigenvalue weighted by Crippen LogP contribution is 2.17. The van der Waals surface area contributed by atoms with Gasteiger partial charge >= 0.3 is 0 Å². The SMILES string of the molecule is CC(C)(C)NC[C@@H](O)c1ccc([N+](=O)[O-])cc1. The van der Waals surface area contributed by atoms with Crippen LogP contribution in [0, 0.1) is 10.1 Å². The Morgan fingerprint density at radius 1 is 1.35 bits per heavy atom. The third-order valence-electron chi connectivity index (χ3n) is 2.31. The van der Waals surface area contributed by atoms with Crippen LogP contribution in [0.2, 0.25) is 0 Å². The van der Waals surface area contributed by atoms with Crippen molar-refractivity contribution in [2.24, 2.45) is 0 Å². The second-order valence-electron chi connectivity index (χ2n) is 5.00. The van der Waals surface area contributed by atoms with Crippen molar-refractivity contribution in [2.75, 3.05) is 6.54 Å². The molecule has 0 spiro atoms. The first-order valence-corrected chi connectivity index (χ1v) is 5.47. The first kappa shape index (κ1) is 13.6. The number of β-amino-alcohol motifs (C(OH)–C–C–N with tert-alkyl or cyclic N) is 1. The zero-order chi connectivity index (χ0) is 13.1. The number of nitro benzene ring substituents is 1. The molecule has 1 rings (SSSR count). The van der Waals surface area contributed by atoms with E-state index in [0.717, 1.165) is 0 Å². The lowest BCUT2D eigenvalue weighted by molar-refractivity contribution is -0.384. The molecule has 17 heavy (non-hydrogen) atoms. The van der Waals surface area contributed by atoms with E-state index >= 15 is 0 Å². The van der Waals surface area contributed by atoms with Gasteiger partial charge in [0, 0.05) is 24.2 Å². The molecule has 0 saturated carbocycles. The van der Waals surface area contributed by atoms with Gasteiger partial charge < -0.3 is 10.4 Å². The molecule has 0 aromatic heterocycles. The summed E-state index contributed by atoms with van der Waals surface area (Å²) in [5.74, 6) is 0. The molecule has 0 aliphatic carbocycles. The van der Waals surface area contributed by atoms with Gasteiger partial charge in [-0.05, 0) is 38.5 Å². The first-order valence-electron chi connectivity index (χ1n) is 5.47. The van der Waals surface area contributed by atoms with Crippen LogP contribution in [0.5, 0.6) is 0 Å². The number of nitrogens with zero attached hydrogens (tertiary/aromatic N) is 1. The van der Waals surface area contributed by atoms with Crippen molar-refractivity contribution in [2.45, 2.75) is 32.4 Å². The van der Waals surface area contributed by atoms with Crippen LogP contribution in [0.3, 0.4) is 0 Å². The summed E-state index contributed by atoms with van der Waals surface area (Å²) in [6.45, 7) is 6.45. The third kappa shape index (κ3) is 4.50. The Balaban J connectivity index is 2.63. The number of nitrogens with one attached hydrogen (secondary N) is 1. The molecule has 0 saturated heterocycles. The van der Waals surface area contributed by atoms with Crippen LogP contribution in [-0.4, -0.2) is 22.1 Å². The lowest BCUT2D eigenvalue weighted by atomic mass is 10.1. The number of non-ortho nitro benzene ring substituents is 1. The molecular weight excluding hydrogens is 220 g/mol. The van der Waals surface area contributed by atoms with Crippen molar-refractivity contribution in [3.05, 3.63) is 39.9 Å². The summed E-state index contributed by atoms with van der Waals surface area (Å²) in [7, 11) is 0. The highest BCUT2D eigenvalue weighted by atomic mass is 16.6. The van der Waals surface area contributed by atoms with Crippen molar-refractivity contribution in [3.8, 4) is 0 Å². The van der Waals surface area contributed by atoms with E-state index in [1.54, 1.807) is 12.1 Å². The molecule has 0 aliphatic heterocycles. The number of aliphatic hydroxyl groups excluding tert-OH is 1. The number of hydrogen-bond donors (Lipinski definition) is 2. The number of benzene rings is 1. The quantitative estimate of drug-likeness (QED) is 0.621. The van der Waals surface area contributed by atoms with Crippen molar-refractivity contribution in [1.82, 2.24) is 5.32 Å². The van der Waals surface area contributed by atoms with Gasteiger partial charge in [-0.2, -0.15) is 0 Å². The Morgan fingerprint density at radius 3 is 2.29 bits per heavy atom. The molecule has 0 unspecified atom stereocenters. The zero-order valence-corrected chi connectivity index (χ0v) is 10.3. The third-order valence-corrected chi connectivity index (χ3v) is 2.31. The molecule has 94 valence electrons. The second kappa shape index (κ2) is 5.25. The molecule has 0 heterocycles. The minimum atomic E-state index is -0.657. The summed E-state index contributed by atoms with van der Waals surface area (Å²) in [5.41, 5.74) is 0.638. The van der Waals surface area contributed by atoms with Gasteiger partial charge in [-0.15, -0.1) is 0 Å². The molecule has 1 aromatic rings. The van der Waals surface area contributed by atoms with Gasteiger partial charge in [0.15, 0.2) is 0 Å². The van der Waals surface area contributed by atoms with E-state index in [2.05, 4.69) is 5.32 Å². The monoisotopic (exact) mass is 238 g/mol. The van der Waals surface area contributed by atoms with Crippen molar-refractivity contribution in [1.29, 1.82) is 0 Å². The van der Waals surface area contributed by atoms with Gasteiger partial charge in [-0.1, -0.05) is 0 Å². The molecule has 0 fully saturated rings. The van der Waals surface area contributed by atoms with E-state index in [1.807, 2.05) is 20.8 Å². The molecule has 0 radical (unpaired) electrons. The van der Waals surface area contributed by atoms with Crippen LogP contribution in [0.15, 0.2) is 24.3 Å². The maximum Gasteiger partial charge on any atom is 0.269 e. The second-order valence-corrected chi connectivity index (χ2v) is 5.00. The molecule has 0 bridgehead atoms. The minimum Gasteiger partial charge on any atom is -0.387 e. The number of hydrogen-bond acceptors (Lipinski definition) is 4. The van der Waals surface area contributed by atoms with Crippen LogP contribution in [-0.2, 0) is 0 Å². The fraction of sp³-hybridized carbons (Fsp3) is 0.500. The predicted molar refractivity (Wildman–Crippen MR) is 65.8 cm³/mol. The molecule has 5 nitrogen and oxygen atoms in total. The van der Waals surface area contributed by atoms with Gasteiger partial charge in [0.05, 0.1) is 11.0 Å². The molecule has 1 atom stereocenters. The molecule has 2 N–H and O–H groups in total. The maximum absolute atomic E-state index is 10.5. The number of rotatable bonds is 4. The fourth-order valence-corrected chi connectivity index (χ4v) is 1.34. The van der Waals surface area contributed by atoms with Crippen molar-refractivity contribution in [3.63, 3.8) is 0 Å². The van der Waals surface area contributed by atoms with E-state index in [0.29, 0.717) is 12.1 Å². The normalized spacial score (nSPS) is 13.4. The highest BCUT2D eigenvalue weighted by molar-refractivity contribution is 5.33. The zero-order valence-electron chi connectivity index (χ0n) is 10.3. The smallest absolute Gasteiger partial charge is 0.269 e. The summed E-state index contributed by atoms with van der Waals surface area (Å²) < 4.78 is 0. The Bertz CT molecular complexity index is 382. The van der Waals surface area contributed by atoms with Gasteiger partial charge in [-0.3, -0.25) is 10.1 Å². The Kier molecular flexibility index (Phi) is 4.20. The van der Waals surface area contributed by atoms with E-state index in [4.69, 9.17) is 0 Å². The highest BCUT2D eigenvalue weighted by Gasteiger charge is 2.14. The Labute approximate surface area is 101 Å². The molecular formula is C12H18N2O3. The average Bonchev–Trinajstić information content (AvgIpc) is 2.25. The minimum absolute atomic E-state index is 0.0322. The largest absolute Gasteiger partial charge is 0.387 e. The summed E-state index contributed by atoms with van der Waals surface area (Å²) in [5, 5.41) is 23.5. The summed E-state index contributed by atoms with van der Waals surface area (Å²) >= 11 is 0. The Morgan fingerprint density at radius 2 is 1.88 bits per heavy atom. The molecule has 5 heteroatoms. The van der Waals surface area contributed by atoms with Gasteiger partial charge in [0.1, 0.15) is 0 Å². The fourth-order valence-electron chi connectivity index (χ4n) is 1.34. The van der Waals surface area contributed by atoms with Crippen molar-refractivity contribution >= 4 is 5.69 Å². The predicted octanol–water partition coefficient (Wildman–Crippen LogP) is 2.02. The van der Waals surface area contributed by atoms with E-state index in [-0.39, 0.29) is 11.2 Å². The van der Waals surface area contributed by atoms with Crippen LogP contribution in [0.25, 0.3) is 0 Å². The van der Waals surface area contributed by atoms with Crippen LogP contribution in [0.4, 0.5) is 5.69 Å². The summed E-state index contributed by atoms with van der Waals surface area (Å²) in [6, 6.07) is 5.95. The Hall–Kier alpha value is -1.46. The van der Waals surface area contributed by atoms with Gasteiger partial charge in [0.2, 0.25) is 0 Å². The molecule has 0 amide bonds. The first-order chi connectivity index (χ1) is 7.79. The molecule has 0 aliphatic rings. The summed E-state index contributed by atoms with van der Waals surface area (Å²) in [4.78, 5) is 10.0. The topological polar surface area (TPSA) is 75.4 Å². The number of nitro groups is 1. The van der Waals surface area contributed by atoms with Crippen LogP contribution in [0.1, 0.15) is 32.4 Å². The van der Waals surface area contributed by atoms with Gasteiger partial charge in [-0.25, -0.2) is 0 Å². The van der Waals surface area contributed by atoms with Crippen LogP contribution < -0.4 is 5.32 Å². The lowest BCUT2D eigenvalue weighted by Crippen LogP contribution is -2.38. The maximum atomic E-state index is 10.5. The standard InChI is InChI=1S/C12H18N2O3/c1-12(2,3)13-8-11(15)9-4-6-10(7-5-9)14(16)17/h4-7,11,13,15H,8H2,1-3H3/t11-/m1/s1. The molecule has 1 aromatic carbocycles. The van der Waals surface area contributed by atoms with Crippen molar-refractivity contribution < 1.29 is 10.0 Å². The average molecular weight is 238 g/mol. The summed E-state index contributed by atoms with van der Waals surface area (Å²) in [6.07, 6.45) is -0.657. The van der Waals surface area contributed by atoms with Crippen LogP contribution >= 0.6 is 0 Å². The van der Waals surface area contributed by atoms with E-state index in [9.17, 15) is 15.2 Å². The van der Waals surface area contributed by atoms with E-state index < -0.39 is 11.0 Å².